The van der Waals surface area contributed by atoms with Crippen molar-refractivity contribution in [2.75, 3.05) is 7.11 Å². The second-order valence-corrected chi connectivity index (χ2v) is 4.47. The number of nitrogens with one attached hydrogen (secondary N) is 1. The van der Waals surface area contributed by atoms with Crippen LogP contribution in [0.25, 0.3) is 0 Å². The number of hydrogen-bond donors (Lipinski definition) is 2. The summed E-state index contributed by atoms with van der Waals surface area (Å²) < 4.78 is 18.9. The Kier molecular flexibility index (Phi) is 4.62. The van der Waals surface area contributed by atoms with Gasteiger partial charge in [-0.15, -0.1) is 0 Å². The van der Waals surface area contributed by atoms with Crippen molar-refractivity contribution in [1.29, 1.82) is 0 Å². The lowest BCUT2D eigenvalue weighted by Crippen LogP contribution is -2.46. The normalized spacial score (nSPS) is 16.6. The standard InChI is InChI=1S/C13H21FN2O/c1-5-13(3,17-4)12(16-15)11-8-10(14)7-6-9(11)2/h6-8,12,16H,5,15H2,1-4H3. The summed E-state index contributed by atoms with van der Waals surface area (Å²) in [7, 11) is 1.64. The highest BCUT2D eigenvalue weighted by Crippen LogP contribution is 2.32. The number of hydrogen-bond acceptors (Lipinski definition) is 3. The van der Waals surface area contributed by atoms with Crippen molar-refractivity contribution in [3.05, 3.63) is 35.1 Å². The van der Waals surface area contributed by atoms with Gasteiger partial charge in [0.2, 0.25) is 0 Å². The average Bonchev–Trinajstić information content (AvgIpc) is 2.34. The smallest absolute Gasteiger partial charge is 0.123 e. The maximum Gasteiger partial charge on any atom is 0.123 e. The van der Waals surface area contributed by atoms with Crippen LogP contribution in [0.15, 0.2) is 18.2 Å². The second kappa shape index (κ2) is 5.58. The molecule has 0 radical (unpaired) electrons. The Hall–Kier alpha value is -0.970. The molecule has 0 aromatic heterocycles. The van der Waals surface area contributed by atoms with E-state index < -0.39 is 5.60 Å². The molecule has 2 atom stereocenters. The molecule has 0 amide bonds. The Labute approximate surface area is 102 Å². The lowest BCUT2D eigenvalue weighted by molar-refractivity contribution is -0.0302. The summed E-state index contributed by atoms with van der Waals surface area (Å²) in [5.41, 5.74) is 4.10. The minimum Gasteiger partial charge on any atom is -0.376 e. The fraction of sp³-hybridized carbons (Fsp3) is 0.538. The van der Waals surface area contributed by atoms with E-state index in [0.717, 1.165) is 17.5 Å². The van der Waals surface area contributed by atoms with E-state index in [1.165, 1.54) is 12.1 Å². The fourth-order valence-electron chi connectivity index (χ4n) is 1.98. The molecule has 0 aliphatic carbocycles. The number of halogens is 1. The number of aryl methyl sites for hydroxylation is 1. The summed E-state index contributed by atoms with van der Waals surface area (Å²) in [6.07, 6.45) is 0.772. The molecule has 0 bridgehead atoms. The van der Waals surface area contributed by atoms with E-state index in [4.69, 9.17) is 10.6 Å². The molecule has 3 nitrogen and oxygen atoms in total. The van der Waals surface area contributed by atoms with Gasteiger partial charge in [0, 0.05) is 7.11 Å². The number of ether oxygens (including phenoxy) is 1. The van der Waals surface area contributed by atoms with Gasteiger partial charge in [0.25, 0.3) is 0 Å². The first-order valence-electron chi connectivity index (χ1n) is 5.75. The molecule has 17 heavy (non-hydrogen) atoms. The second-order valence-electron chi connectivity index (χ2n) is 4.47. The third-order valence-electron chi connectivity index (χ3n) is 3.50. The molecule has 1 rings (SSSR count). The summed E-state index contributed by atoms with van der Waals surface area (Å²) in [4.78, 5) is 0. The molecular formula is C13H21FN2O. The molecule has 96 valence electrons. The van der Waals surface area contributed by atoms with Gasteiger partial charge in [-0.1, -0.05) is 13.0 Å². The minimum atomic E-state index is -0.465. The van der Waals surface area contributed by atoms with Gasteiger partial charge in [0.1, 0.15) is 5.82 Å². The molecule has 0 heterocycles. The Morgan fingerprint density at radius 3 is 2.65 bits per heavy atom. The van der Waals surface area contributed by atoms with Crippen LogP contribution in [-0.4, -0.2) is 12.7 Å². The van der Waals surface area contributed by atoms with Crippen molar-refractivity contribution in [3.63, 3.8) is 0 Å². The van der Waals surface area contributed by atoms with E-state index in [9.17, 15) is 4.39 Å². The van der Waals surface area contributed by atoms with E-state index in [1.807, 2.05) is 20.8 Å². The van der Waals surface area contributed by atoms with E-state index in [2.05, 4.69) is 5.43 Å². The summed E-state index contributed by atoms with van der Waals surface area (Å²) in [5.74, 6) is 5.35. The lowest BCUT2D eigenvalue weighted by atomic mass is 9.86. The SMILES string of the molecule is CCC(C)(OC)C(NN)c1cc(F)ccc1C. The third kappa shape index (κ3) is 2.83. The number of hydrazine groups is 1. The first-order chi connectivity index (χ1) is 7.98. The molecule has 4 heteroatoms. The molecule has 0 spiro atoms. The summed E-state index contributed by atoms with van der Waals surface area (Å²) in [6.45, 7) is 5.91. The van der Waals surface area contributed by atoms with Crippen LogP contribution in [0, 0.1) is 12.7 Å². The first kappa shape index (κ1) is 14.1. The first-order valence-corrected chi connectivity index (χ1v) is 5.75. The van der Waals surface area contributed by atoms with Gasteiger partial charge in [-0.25, -0.2) is 4.39 Å². The van der Waals surface area contributed by atoms with Crippen LogP contribution >= 0.6 is 0 Å². The van der Waals surface area contributed by atoms with Crippen molar-refractivity contribution in [2.24, 2.45) is 5.84 Å². The van der Waals surface area contributed by atoms with Gasteiger partial charge in [0.15, 0.2) is 0 Å². The van der Waals surface area contributed by atoms with Crippen LogP contribution in [0.4, 0.5) is 4.39 Å². The van der Waals surface area contributed by atoms with Crippen molar-refractivity contribution >= 4 is 0 Å². The Balaban J connectivity index is 3.21. The molecule has 0 saturated carbocycles. The molecule has 0 aliphatic rings. The number of benzene rings is 1. The van der Waals surface area contributed by atoms with Crippen LogP contribution in [0.2, 0.25) is 0 Å². The topological polar surface area (TPSA) is 47.3 Å². The summed E-state index contributed by atoms with van der Waals surface area (Å²) in [5, 5.41) is 0. The molecule has 0 saturated heterocycles. The molecular weight excluding hydrogens is 219 g/mol. The lowest BCUT2D eigenvalue weighted by Gasteiger charge is -2.36. The quantitative estimate of drug-likeness (QED) is 0.614. The molecule has 0 aliphatic heterocycles. The zero-order valence-electron chi connectivity index (χ0n) is 10.9. The maximum absolute atomic E-state index is 13.3. The number of methoxy groups -OCH3 is 1. The number of nitrogens with two attached hydrogens (primary N) is 1. The van der Waals surface area contributed by atoms with Crippen LogP contribution in [0.5, 0.6) is 0 Å². The van der Waals surface area contributed by atoms with E-state index in [-0.39, 0.29) is 11.9 Å². The highest BCUT2D eigenvalue weighted by atomic mass is 19.1. The van der Waals surface area contributed by atoms with Crippen molar-refractivity contribution in [3.8, 4) is 0 Å². The van der Waals surface area contributed by atoms with Gasteiger partial charge in [-0.05, 0) is 43.5 Å². The van der Waals surface area contributed by atoms with Gasteiger partial charge in [0.05, 0.1) is 11.6 Å². The Morgan fingerprint density at radius 1 is 1.53 bits per heavy atom. The van der Waals surface area contributed by atoms with Crippen LogP contribution in [-0.2, 0) is 4.74 Å². The van der Waals surface area contributed by atoms with Crippen LogP contribution < -0.4 is 11.3 Å². The molecule has 0 fully saturated rings. The highest BCUT2D eigenvalue weighted by molar-refractivity contribution is 5.31. The number of rotatable bonds is 5. The van der Waals surface area contributed by atoms with Crippen molar-refractivity contribution in [1.82, 2.24) is 5.43 Å². The fourth-order valence-corrected chi connectivity index (χ4v) is 1.98. The van der Waals surface area contributed by atoms with Crippen LogP contribution in [0.3, 0.4) is 0 Å². The van der Waals surface area contributed by atoms with E-state index in [1.54, 1.807) is 13.2 Å². The highest BCUT2D eigenvalue weighted by Gasteiger charge is 2.34. The Morgan fingerprint density at radius 2 is 2.18 bits per heavy atom. The molecule has 2 unspecified atom stereocenters. The van der Waals surface area contributed by atoms with Gasteiger partial charge >= 0.3 is 0 Å². The van der Waals surface area contributed by atoms with Gasteiger partial charge in [-0.3, -0.25) is 11.3 Å². The predicted molar refractivity (Wildman–Crippen MR) is 66.9 cm³/mol. The zero-order valence-corrected chi connectivity index (χ0v) is 10.9. The molecule has 3 N–H and O–H groups in total. The average molecular weight is 240 g/mol. The summed E-state index contributed by atoms with van der Waals surface area (Å²) in [6, 6.07) is 4.46. The third-order valence-corrected chi connectivity index (χ3v) is 3.50. The predicted octanol–water partition coefficient (Wildman–Crippen LogP) is 2.45. The molecule has 1 aromatic rings. The molecule has 1 aromatic carbocycles. The van der Waals surface area contributed by atoms with Gasteiger partial charge in [-0.2, -0.15) is 0 Å². The largest absolute Gasteiger partial charge is 0.376 e. The van der Waals surface area contributed by atoms with Crippen molar-refractivity contribution in [2.45, 2.75) is 38.8 Å². The van der Waals surface area contributed by atoms with E-state index in [0.29, 0.717) is 0 Å². The Bertz CT molecular complexity index is 378. The van der Waals surface area contributed by atoms with Crippen molar-refractivity contribution < 1.29 is 9.13 Å². The zero-order chi connectivity index (χ0) is 13.1. The van der Waals surface area contributed by atoms with Crippen LogP contribution in [0.1, 0.15) is 37.4 Å². The minimum absolute atomic E-state index is 0.242. The summed E-state index contributed by atoms with van der Waals surface area (Å²) >= 11 is 0. The maximum atomic E-state index is 13.3. The van der Waals surface area contributed by atoms with Gasteiger partial charge < -0.3 is 4.74 Å². The monoisotopic (exact) mass is 240 g/mol. The van der Waals surface area contributed by atoms with E-state index >= 15 is 0 Å².